The summed E-state index contributed by atoms with van der Waals surface area (Å²) >= 11 is 5.87. The van der Waals surface area contributed by atoms with Gasteiger partial charge < -0.3 is 10.2 Å². The zero-order valence-corrected chi connectivity index (χ0v) is 13.3. The molecular weight excluding hydrogens is 310 g/mol. The maximum Gasteiger partial charge on any atom is 0.134 e. The fraction of sp³-hybridized carbons (Fsp3) is 0.333. The van der Waals surface area contributed by atoms with Crippen LogP contribution in [0, 0.1) is 18.6 Å². The van der Waals surface area contributed by atoms with Crippen molar-refractivity contribution in [3.63, 3.8) is 0 Å². The first-order valence-corrected chi connectivity index (χ1v) is 7.11. The smallest absolute Gasteiger partial charge is 0.134 e. The molecule has 0 radical (unpaired) electrons. The molecule has 1 aromatic heterocycles. The molecule has 1 N–H and O–H groups in total. The molecule has 2 rings (SSSR count). The molecule has 0 saturated carbocycles. The highest BCUT2D eigenvalue weighted by atomic mass is 35.5. The average Bonchev–Trinajstić information content (AvgIpc) is 2.40. The third-order valence-electron chi connectivity index (χ3n) is 3.24. The Balaban J connectivity index is 2.23. The van der Waals surface area contributed by atoms with Gasteiger partial charge in [-0.1, -0.05) is 17.7 Å². The molecular formula is C15H17ClF2N4. The summed E-state index contributed by atoms with van der Waals surface area (Å²) in [6.07, 6.45) is 0. The predicted octanol–water partition coefficient (Wildman–Crippen LogP) is 3.43. The molecule has 1 atom stereocenters. The van der Waals surface area contributed by atoms with Crippen LogP contribution in [-0.4, -0.2) is 35.5 Å². The number of aryl methyl sites for hydroxylation is 1. The lowest BCUT2D eigenvalue weighted by Crippen LogP contribution is -2.29. The Morgan fingerprint density at radius 2 is 1.86 bits per heavy atom. The number of likely N-dealkylation sites (N-methyl/N-ethyl adjacent to an activating group) is 1. The number of benzene rings is 1. The van der Waals surface area contributed by atoms with Gasteiger partial charge in [-0.15, -0.1) is 0 Å². The van der Waals surface area contributed by atoms with E-state index in [9.17, 15) is 8.78 Å². The zero-order valence-electron chi connectivity index (χ0n) is 12.6. The lowest BCUT2D eigenvalue weighted by molar-refractivity contribution is 0.295. The van der Waals surface area contributed by atoms with E-state index >= 15 is 0 Å². The monoisotopic (exact) mass is 326 g/mol. The van der Waals surface area contributed by atoms with Crippen molar-refractivity contribution in [2.24, 2.45) is 0 Å². The predicted molar refractivity (Wildman–Crippen MR) is 83.1 cm³/mol. The van der Waals surface area contributed by atoms with Gasteiger partial charge >= 0.3 is 0 Å². The summed E-state index contributed by atoms with van der Waals surface area (Å²) in [6, 6.07) is 4.93. The summed E-state index contributed by atoms with van der Waals surface area (Å²) in [6.45, 7) is 1.99. The molecule has 1 heterocycles. The number of aromatic nitrogens is 2. The zero-order chi connectivity index (χ0) is 16.3. The highest BCUT2D eigenvalue weighted by Gasteiger charge is 2.22. The van der Waals surface area contributed by atoms with Gasteiger partial charge in [0.2, 0.25) is 0 Å². The summed E-state index contributed by atoms with van der Waals surface area (Å²) in [5, 5.41) is 3.36. The molecule has 1 aromatic carbocycles. The number of anilines is 1. The molecule has 0 aliphatic heterocycles. The van der Waals surface area contributed by atoms with Gasteiger partial charge in [-0.25, -0.2) is 18.7 Å². The van der Waals surface area contributed by atoms with Crippen LogP contribution in [0.2, 0.25) is 5.15 Å². The van der Waals surface area contributed by atoms with Gasteiger partial charge in [0.1, 0.15) is 28.4 Å². The molecule has 0 bridgehead atoms. The fourth-order valence-corrected chi connectivity index (χ4v) is 2.42. The van der Waals surface area contributed by atoms with Crippen molar-refractivity contribution < 1.29 is 8.78 Å². The Morgan fingerprint density at radius 1 is 1.23 bits per heavy atom. The van der Waals surface area contributed by atoms with Crippen molar-refractivity contribution >= 4 is 17.4 Å². The lowest BCUT2D eigenvalue weighted by Gasteiger charge is -2.26. The van der Waals surface area contributed by atoms with E-state index < -0.39 is 17.7 Å². The summed E-state index contributed by atoms with van der Waals surface area (Å²) < 4.78 is 27.9. The van der Waals surface area contributed by atoms with E-state index in [4.69, 9.17) is 11.6 Å². The fourth-order valence-electron chi connectivity index (χ4n) is 2.19. The van der Waals surface area contributed by atoms with Gasteiger partial charge in [0, 0.05) is 18.2 Å². The Bertz CT molecular complexity index is 623. The van der Waals surface area contributed by atoms with Crippen LogP contribution in [-0.2, 0) is 0 Å². The molecule has 0 fully saturated rings. The Morgan fingerprint density at radius 3 is 2.41 bits per heavy atom. The molecule has 0 saturated heterocycles. The molecule has 7 heteroatoms. The summed E-state index contributed by atoms with van der Waals surface area (Å²) in [5.74, 6) is -0.107. The van der Waals surface area contributed by atoms with E-state index in [-0.39, 0.29) is 12.1 Å². The highest BCUT2D eigenvalue weighted by Crippen LogP contribution is 2.25. The summed E-state index contributed by atoms with van der Waals surface area (Å²) in [5.41, 5.74) is 0.0249. The minimum Gasteiger partial charge on any atom is -0.368 e. The molecule has 0 aliphatic carbocycles. The third kappa shape index (κ3) is 3.90. The molecule has 118 valence electrons. The lowest BCUT2D eigenvalue weighted by atomic mass is 10.0. The maximum absolute atomic E-state index is 14.0. The first-order chi connectivity index (χ1) is 10.4. The van der Waals surface area contributed by atoms with E-state index in [1.165, 1.54) is 18.2 Å². The van der Waals surface area contributed by atoms with Gasteiger partial charge in [0.05, 0.1) is 6.04 Å². The van der Waals surface area contributed by atoms with Crippen LogP contribution < -0.4 is 5.32 Å². The summed E-state index contributed by atoms with van der Waals surface area (Å²) in [4.78, 5) is 9.90. The van der Waals surface area contributed by atoms with Crippen molar-refractivity contribution in [1.82, 2.24) is 14.9 Å². The van der Waals surface area contributed by atoms with Crippen LogP contribution >= 0.6 is 11.6 Å². The molecule has 1 unspecified atom stereocenters. The van der Waals surface area contributed by atoms with Gasteiger partial charge in [-0.3, -0.25) is 0 Å². The topological polar surface area (TPSA) is 41.1 Å². The van der Waals surface area contributed by atoms with Crippen LogP contribution in [0.1, 0.15) is 17.4 Å². The largest absolute Gasteiger partial charge is 0.368 e. The van der Waals surface area contributed by atoms with Crippen LogP contribution in [0.5, 0.6) is 0 Å². The van der Waals surface area contributed by atoms with Crippen molar-refractivity contribution in [2.45, 2.75) is 13.0 Å². The highest BCUT2D eigenvalue weighted by molar-refractivity contribution is 6.29. The SMILES string of the molecule is Cc1nc(Cl)cc(NCC(c2c(F)cccc2F)N(C)C)n1. The first kappa shape index (κ1) is 16.6. The first-order valence-electron chi connectivity index (χ1n) is 6.74. The van der Waals surface area contributed by atoms with Crippen LogP contribution in [0.3, 0.4) is 0 Å². The number of nitrogens with one attached hydrogen (secondary N) is 1. The minimum atomic E-state index is -0.572. The Kier molecular flexibility index (Phi) is 5.26. The Hall–Kier alpha value is -1.79. The van der Waals surface area contributed by atoms with Gasteiger partial charge in [-0.2, -0.15) is 0 Å². The van der Waals surface area contributed by atoms with Crippen molar-refractivity contribution in [2.75, 3.05) is 26.0 Å². The van der Waals surface area contributed by atoms with Crippen molar-refractivity contribution in [3.05, 3.63) is 52.4 Å². The molecule has 22 heavy (non-hydrogen) atoms. The second-order valence-corrected chi connectivity index (χ2v) is 5.51. The van der Waals surface area contributed by atoms with E-state index in [1.54, 1.807) is 32.0 Å². The van der Waals surface area contributed by atoms with Gasteiger partial charge in [-0.05, 0) is 33.2 Å². The van der Waals surface area contributed by atoms with Gasteiger partial charge in [0.15, 0.2) is 0 Å². The second-order valence-electron chi connectivity index (χ2n) is 5.12. The molecule has 2 aromatic rings. The third-order valence-corrected chi connectivity index (χ3v) is 3.43. The van der Waals surface area contributed by atoms with Crippen LogP contribution in [0.25, 0.3) is 0 Å². The molecule has 0 amide bonds. The second kappa shape index (κ2) is 6.98. The van der Waals surface area contributed by atoms with E-state index in [1.807, 2.05) is 0 Å². The average molecular weight is 327 g/mol. The number of hydrogen-bond acceptors (Lipinski definition) is 4. The number of rotatable bonds is 5. The number of nitrogens with zero attached hydrogens (tertiary/aromatic N) is 3. The number of hydrogen-bond donors (Lipinski definition) is 1. The quantitative estimate of drug-likeness (QED) is 0.855. The summed E-state index contributed by atoms with van der Waals surface area (Å²) in [7, 11) is 3.52. The standard InChI is InChI=1S/C15H17ClF2N4/c1-9-20-13(16)7-14(21-9)19-8-12(22(2)3)15-10(17)5-4-6-11(15)18/h4-7,12H,8H2,1-3H3,(H,19,20,21). The Labute approximate surface area is 133 Å². The number of halogens is 3. The van der Waals surface area contributed by atoms with Gasteiger partial charge in [0.25, 0.3) is 0 Å². The maximum atomic E-state index is 14.0. The molecule has 0 aliphatic rings. The molecule has 0 spiro atoms. The van der Waals surface area contributed by atoms with Crippen molar-refractivity contribution in [1.29, 1.82) is 0 Å². The normalized spacial score (nSPS) is 12.5. The molecule has 4 nitrogen and oxygen atoms in total. The minimum absolute atomic E-state index is 0.0249. The van der Waals surface area contributed by atoms with Crippen LogP contribution in [0.4, 0.5) is 14.6 Å². The van der Waals surface area contributed by atoms with E-state index in [2.05, 4.69) is 15.3 Å². The van der Waals surface area contributed by atoms with E-state index in [0.29, 0.717) is 16.8 Å². The van der Waals surface area contributed by atoms with E-state index in [0.717, 1.165) is 0 Å². The van der Waals surface area contributed by atoms with Crippen LogP contribution in [0.15, 0.2) is 24.3 Å². The van der Waals surface area contributed by atoms with Crippen molar-refractivity contribution in [3.8, 4) is 0 Å².